The third kappa shape index (κ3) is 4.31. The first-order valence-electron chi connectivity index (χ1n) is 5.70. The maximum atomic E-state index is 11.8. The number of aliphatic hydroxyl groups is 1. The number of aliphatic hydroxyl groups excluding tert-OH is 1. The largest absolute Gasteiger partial charge is 0.513 e. The van der Waals surface area contributed by atoms with E-state index in [2.05, 4.69) is 6.58 Å². The summed E-state index contributed by atoms with van der Waals surface area (Å²) >= 11 is 0. The van der Waals surface area contributed by atoms with E-state index in [9.17, 15) is 4.79 Å². The van der Waals surface area contributed by atoms with Crippen LogP contribution in [0.4, 0.5) is 5.69 Å². The number of allylic oxidation sites excluding steroid dienone is 1. The van der Waals surface area contributed by atoms with Crippen molar-refractivity contribution < 1.29 is 9.90 Å². The first kappa shape index (κ1) is 13.3. The fraction of sp³-hybridized carbons (Fsp3) is 0.357. The minimum absolute atomic E-state index is 0.0510. The Morgan fingerprint density at radius 1 is 1.29 bits per heavy atom. The van der Waals surface area contributed by atoms with E-state index >= 15 is 0 Å². The molecule has 1 rings (SSSR count). The highest BCUT2D eigenvalue weighted by Gasteiger charge is 2.10. The van der Waals surface area contributed by atoms with Gasteiger partial charge in [0, 0.05) is 25.6 Å². The summed E-state index contributed by atoms with van der Waals surface area (Å²) in [5, 5.41) is 8.93. The van der Waals surface area contributed by atoms with Crippen molar-refractivity contribution in [3.63, 3.8) is 0 Å². The number of carbonyl (C=O) groups excluding carboxylic acids is 1. The quantitative estimate of drug-likeness (QED) is 0.793. The summed E-state index contributed by atoms with van der Waals surface area (Å²) in [6.07, 6.45) is 1.53. The Bertz CT molecular complexity index is 395. The number of hydrogen-bond acceptors (Lipinski definition) is 2. The molecule has 0 aliphatic rings. The number of carbonyl (C=O) groups is 1. The molecule has 0 aliphatic carbocycles. The Labute approximate surface area is 102 Å². The average molecular weight is 233 g/mol. The molecule has 3 nitrogen and oxygen atoms in total. The number of anilines is 1. The standard InChI is InChI=1S/C14H19NO2/c1-11-7-9-13(10-8-11)15(3)14(17)6-4-5-12(2)16/h7-10,16H,2,4-6H2,1,3H3. The highest BCUT2D eigenvalue weighted by Crippen LogP contribution is 2.15. The number of amides is 1. The maximum Gasteiger partial charge on any atom is 0.226 e. The summed E-state index contributed by atoms with van der Waals surface area (Å²) in [6.45, 7) is 5.41. The Hall–Kier alpha value is -1.77. The van der Waals surface area contributed by atoms with Crippen molar-refractivity contribution in [1.82, 2.24) is 0 Å². The minimum Gasteiger partial charge on any atom is -0.513 e. The van der Waals surface area contributed by atoms with Gasteiger partial charge in [0.25, 0.3) is 0 Å². The Morgan fingerprint density at radius 2 is 1.88 bits per heavy atom. The second kappa shape index (κ2) is 6.09. The zero-order chi connectivity index (χ0) is 12.8. The van der Waals surface area contributed by atoms with E-state index in [4.69, 9.17) is 5.11 Å². The van der Waals surface area contributed by atoms with E-state index in [1.807, 2.05) is 31.2 Å². The topological polar surface area (TPSA) is 40.5 Å². The molecule has 0 fully saturated rings. The summed E-state index contributed by atoms with van der Waals surface area (Å²) in [4.78, 5) is 13.5. The molecular weight excluding hydrogens is 214 g/mol. The van der Waals surface area contributed by atoms with Gasteiger partial charge >= 0.3 is 0 Å². The van der Waals surface area contributed by atoms with Crippen molar-refractivity contribution in [1.29, 1.82) is 0 Å². The lowest BCUT2D eigenvalue weighted by molar-refractivity contribution is -0.118. The van der Waals surface area contributed by atoms with Gasteiger partial charge in [-0.3, -0.25) is 4.79 Å². The third-order valence-corrected chi connectivity index (χ3v) is 2.65. The molecule has 1 N–H and O–H groups in total. The van der Waals surface area contributed by atoms with Crippen LogP contribution in [-0.2, 0) is 4.79 Å². The number of aryl methyl sites for hydroxylation is 1. The summed E-state index contributed by atoms with van der Waals surface area (Å²) in [5.41, 5.74) is 2.06. The Morgan fingerprint density at radius 3 is 2.41 bits per heavy atom. The molecule has 0 radical (unpaired) electrons. The molecule has 0 heterocycles. The van der Waals surface area contributed by atoms with Crippen LogP contribution in [0, 0.1) is 6.92 Å². The van der Waals surface area contributed by atoms with Crippen molar-refractivity contribution >= 4 is 11.6 Å². The fourth-order valence-electron chi connectivity index (χ4n) is 1.52. The van der Waals surface area contributed by atoms with Gasteiger partial charge in [0.1, 0.15) is 0 Å². The van der Waals surface area contributed by atoms with Gasteiger partial charge in [-0.15, -0.1) is 0 Å². The predicted octanol–water partition coefficient (Wildman–Crippen LogP) is 3.20. The van der Waals surface area contributed by atoms with Crippen LogP contribution in [0.1, 0.15) is 24.8 Å². The Balaban J connectivity index is 2.51. The van der Waals surface area contributed by atoms with E-state index in [0.29, 0.717) is 19.3 Å². The smallest absolute Gasteiger partial charge is 0.226 e. The maximum absolute atomic E-state index is 11.8. The van der Waals surface area contributed by atoms with E-state index in [0.717, 1.165) is 5.69 Å². The zero-order valence-corrected chi connectivity index (χ0v) is 10.4. The molecule has 0 atom stereocenters. The third-order valence-electron chi connectivity index (χ3n) is 2.65. The van der Waals surface area contributed by atoms with E-state index in [1.54, 1.807) is 11.9 Å². The zero-order valence-electron chi connectivity index (χ0n) is 10.4. The second-order valence-electron chi connectivity index (χ2n) is 4.21. The first-order valence-corrected chi connectivity index (χ1v) is 5.70. The second-order valence-corrected chi connectivity index (χ2v) is 4.21. The summed E-state index contributed by atoms with van der Waals surface area (Å²) < 4.78 is 0. The van der Waals surface area contributed by atoms with E-state index in [1.165, 1.54) is 5.56 Å². The number of nitrogens with zero attached hydrogens (tertiary/aromatic N) is 1. The molecule has 0 aromatic heterocycles. The summed E-state index contributed by atoms with van der Waals surface area (Å²) in [7, 11) is 1.76. The normalized spacial score (nSPS) is 10.0. The SMILES string of the molecule is C=C(O)CCCC(=O)N(C)c1ccc(C)cc1. The van der Waals surface area contributed by atoms with Crippen LogP contribution < -0.4 is 4.90 Å². The summed E-state index contributed by atoms with van der Waals surface area (Å²) in [5.74, 6) is 0.186. The van der Waals surface area contributed by atoms with Crippen molar-refractivity contribution in [3.8, 4) is 0 Å². The monoisotopic (exact) mass is 233 g/mol. The van der Waals surface area contributed by atoms with Crippen molar-refractivity contribution in [3.05, 3.63) is 42.2 Å². The van der Waals surface area contributed by atoms with E-state index in [-0.39, 0.29) is 11.7 Å². The number of rotatable bonds is 5. The average Bonchev–Trinajstić information content (AvgIpc) is 2.28. The van der Waals surface area contributed by atoms with Gasteiger partial charge in [0.15, 0.2) is 0 Å². The van der Waals surface area contributed by atoms with Crippen LogP contribution in [0.5, 0.6) is 0 Å². The lowest BCUT2D eigenvalue weighted by atomic mass is 10.2. The van der Waals surface area contributed by atoms with Gasteiger partial charge in [0.05, 0.1) is 5.76 Å². The molecule has 0 spiro atoms. The molecule has 0 saturated heterocycles. The minimum atomic E-state index is 0.0510. The lowest BCUT2D eigenvalue weighted by Gasteiger charge is -2.17. The molecular formula is C14H19NO2. The van der Waals surface area contributed by atoms with Crippen LogP contribution in [0.3, 0.4) is 0 Å². The van der Waals surface area contributed by atoms with Gasteiger partial charge in [-0.25, -0.2) is 0 Å². The number of hydrogen-bond donors (Lipinski definition) is 1. The molecule has 0 saturated carbocycles. The van der Waals surface area contributed by atoms with Gasteiger partial charge in [-0.2, -0.15) is 0 Å². The van der Waals surface area contributed by atoms with Crippen molar-refractivity contribution in [2.24, 2.45) is 0 Å². The number of benzene rings is 1. The predicted molar refractivity (Wildman–Crippen MR) is 70.2 cm³/mol. The molecule has 0 bridgehead atoms. The lowest BCUT2D eigenvalue weighted by Crippen LogP contribution is -2.25. The van der Waals surface area contributed by atoms with Gasteiger partial charge in [-0.05, 0) is 25.5 Å². The molecule has 1 amide bonds. The van der Waals surface area contributed by atoms with Gasteiger partial charge in [-0.1, -0.05) is 24.3 Å². The molecule has 1 aromatic carbocycles. The molecule has 17 heavy (non-hydrogen) atoms. The van der Waals surface area contributed by atoms with Crippen LogP contribution in [0.15, 0.2) is 36.6 Å². The highest BCUT2D eigenvalue weighted by atomic mass is 16.3. The molecule has 0 unspecified atom stereocenters. The van der Waals surface area contributed by atoms with Crippen LogP contribution in [-0.4, -0.2) is 18.1 Å². The fourth-order valence-corrected chi connectivity index (χ4v) is 1.52. The molecule has 1 aromatic rings. The van der Waals surface area contributed by atoms with Crippen LogP contribution >= 0.6 is 0 Å². The van der Waals surface area contributed by atoms with E-state index < -0.39 is 0 Å². The van der Waals surface area contributed by atoms with Crippen molar-refractivity contribution in [2.75, 3.05) is 11.9 Å². The Kier molecular flexibility index (Phi) is 4.76. The van der Waals surface area contributed by atoms with Gasteiger partial charge < -0.3 is 10.0 Å². The van der Waals surface area contributed by atoms with Gasteiger partial charge in [0.2, 0.25) is 5.91 Å². The molecule has 92 valence electrons. The highest BCUT2D eigenvalue weighted by molar-refractivity contribution is 5.92. The van der Waals surface area contributed by atoms with Crippen molar-refractivity contribution in [2.45, 2.75) is 26.2 Å². The van der Waals surface area contributed by atoms with Crippen LogP contribution in [0.25, 0.3) is 0 Å². The van der Waals surface area contributed by atoms with Crippen LogP contribution in [0.2, 0.25) is 0 Å². The first-order chi connectivity index (χ1) is 8.00. The summed E-state index contributed by atoms with van der Waals surface area (Å²) in [6, 6.07) is 7.82. The molecule has 3 heteroatoms. The molecule has 0 aliphatic heterocycles.